The molecule has 0 aromatic heterocycles. The van der Waals surface area contributed by atoms with Crippen LogP contribution in [0, 0.1) is 29.6 Å². The Morgan fingerprint density at radius 1 is 0.536 bits per heavy atom. The molecule has 0 bridgehead atoms. The lowest BCUT2D eigenvalue weighted by atomic mass is 9.77. The average Bonchev–Trinajstić information content (AvgIpc) is 2.69. The Labute approximate surface area is 183 Å². The summed E-state index contributed by atoms with van der Waals surface area (Å²) in [6.07, 6.45) is 20.4. The minimum absolute atomic E-state index is 0. The van der Waals surface area contributed by atoms with Crippen molar-refractivity contribution in [2.24, 2.45) is 29.6 Å². The fourth-order valence-corrected chi connectivity index (χ4v) is 4.66. The van der Waals surface area contributed by atoms with E-state index in [0.29, 0.717) is 0 Å². The maximum absolute atomic E-state index is 2.41. The standard InChI is InChI=1S/C13H26.C10H20.C3H8.2CH4/c1-4-11(3)10-13-8-6-12(5-2)7-9-13;1-3-9-5-7-10(4-2)8-6-9;1-3-2;;/h11-13H,4-10H2,1-3H3;9-10H,3-8H2,1-2H3;3H2,1-2H3;2*1H4. The van der Waals surface area contributed by atoms with Crippen molar-refractivity contribution >= 4 is 0 Å². The Morgan fingerprint density at radius 2 is 0.786 bits per heavy atom. The second kappa shape index (κ2) is 21.7. The van der Waals surface area contributed by atoms with Crippen LogP contribution in [0.15, 0.2) is 0 Å². The molecule has 0 aromatic rings. The van der Waals surface area contributed by atoms with Gasteiger partial charge in [0.1, 0.15) is 0 Å². The van der Waals surface area contributed by atoms with Crippen molar-refractivity contribution in [1.82, 2.24) is 0 Å². The molecule has 0 heteroatoms. The van der Waals surface area contributed by atoms with Gasteiger partial charge in [-0.3, -0.25) is 0 Å². The van der Waals surface area contributed by atoms with Gasteiger partial charge in [0, 0.05) is 0 Å². The predicted molar refractivity (Wildman–Crippen MR) is 135 cm³/mol. The summed E-state index contributed by atoms with van der Waals surface area (Å²) in [6.45, 7) is 16.0. The Kier molecular flexibility index (Phi) is 25.3. The SMILES string of the molecule is C.C.CCC.CCC(C)CC1CCC(CC)CC1.CCC1CCC(CC)CC1. The van der Waals surface area contributed by atoms with Gasteiger partial charge in [0.2, 0.25) is 0 Å². The van der Waals surface area contributed by atoms with Crippen LogP contribution in [0.5, 0.6) is 0 Å². The third kappa shape index (κ3) is 15.9. The van der Waals surface area contributed by atoms with Gasteiger partial charge in [-0.2, -0.15) is 0 Å². The third-order valence-electron chi connectivity index (χ3n) is 7.10. The first-order chi connectivity index (χ1) is 12.5. The van der Waals surface area contributed by atoms with Crippen LogP contribution >= 0.6 is 0 Å². The summed E-state index contributed by atoms with van der Waals surface area (Å²) in [6, 6.07) is 0. The number of rotatable bonds is 6. The summed E-state index contributed by atoms with van der Waals surface area (Å²) >= 11 is 0. The highest BCUT2D eigenvalue weighted by atomic mass is 14.3. The molecule has 2 rings (SSSR count). The number of hydrogen-bond donors (Lipinski definition) is 0. The minimum Gasteiger partial charge on any atom is -0.0776 e. The smallest absolute Gasteiger partial charge is 0.0412 e. The van der Waals surface area contributed by atoms with Crippen molar-refractivity contribution in [1.29, 1.82) is 0 Å². The normalized spacial score (nSPS) is 27.5. The Bertz CT molecular complexity index is 254. The fourth-order valence-electron chi connectivity index (χ4n) is 4.66. The monoisotopic (exact) mass is 398 g/mol. The molecule has 0 amide bonds. The van der Waals surface area contributed by atoms with E-state index in [1.54, 1.807) is 0 Å². The quantitative estimate of drug-likeness (QED) is 0.417. The Hall–Kier alpha value is 0. The molecule has 2 fully saturated rings. The van der Waals surface area contributed by atoms with E-state index in [-0.39, 0.29) is 14.9 Å². The van der Waals surface area contributed by atoms with Crippen LogP contribution in [0.4, 0.5) is 0 Å². The van der Waals surface area contributed by atoms with Crippen molar-refractivity contribution in [3.8, 4) is 0 Å². The van der Waals surface area contributed by atoms with E-state index in [2.05, 4.69) is 48.5 Å². The first-order valence-corrected chi connectivity index (χ1v) is 12.5. The lowest BCUT2D eigenvalue weighted by Gasteiger charge is -2.29. The van der Waals surface area contributed by atoms with Gasteiger partial charge >= 0.3 is 0 Å². The van der Waals surface area contributed by atoms with Crippen molar-refractivity contribution in [2.75, 3.05) is 0 Å². The average molecular weight is 399 g/mol. The van der Waals surface area contributed by atoms with Gasteiger partial charge in [-0.15, -0.1) is 0 Å². The molecule has 0 heterocycles. The van der Waals surface area contributed by atoms with Gasteiger partial charge in [0.15, 0.2) is 0 Å². The van der Waals surface area contributed by atoms with Gasteiger partial charge in [0.05, 0.1) is 0 Å². The molecule has 1 unspecified atom stereocenters. The molecule has 2 saturated carbocycles. The van der Waals surface area contributed by atoms with Gasteiger partial charge in [-0.05, 0) is 36.0 Å². The zero-order chi connectivity index (χ0) is 19.8. The largest absolute Gasteiger partial charge is 0.0776 e. The third-order valence-corrected chi connectivity index (χ3v) is 7.10. The molecule has 0 saturated heterocycles. The van der Waals surface area contributed by atoms with Crippen molar-refractivity contribution < 1.29 is 0 Å². The molecular weight excluding hydrogens is 336 g/mol. The van der Waals surface area contributed by atoms with Crippen LogP contribution in [-0.4, -0.2) is 0 Å². The maximum Gasteiger partial charge on any atom is -0.0412 e. The Balaban J connectivity index is -0.000000376. The van der Waals surface area contributed by atoms with Crippen LogP contribution in [0.25, 0.3) is 0 Å². The molecule has 0 nitrogen and oxygen atoms in total. The van der Waals surface area contributed by atoms with E-state index in [0.717, 1.165) is 29.6 Å². The van der Waals surface area contributed by atoms with E-state index in [1.807, 2.05) is 0 Å². The molecule has 1 atom stereocenters. The zero-order valence-electron chi connectivity index (χ0n) is 19.8. The van der Waals surface area contributed by atoms with Crippen LogP contribution in [0.2, 0.25) is 0 Å². The lowest BCUT2D eigenvalue weighted by Crippen LogP contribution is -2.15. The van der Waals surface area contributed by atoms with Crippen LogP contribution in [0.3, 0.4) is 0 Å². The number of hydrogen-bond acceptors (Lipinski definition) is 0. The van der Waals surface area contributed by atoms with Gasteiger partial charge in [-0.1, -0.05) is 147 Å². The molecule has 0 N–H and O–H groups in total. The molecule has 28 heavy (non-hydrogen) atoms. The highest BCUT2D eigenvalue weighted by Gasteiger charge is 2.21. The van der Waals surface area contributed by atoms with E-state index in [1.165, 1.54) is 89.9 Å². The summed E-state index contributed by atoms with van der Waals surface area (Å²) in [5.41, 5.74) is 0. The summed E-state index contributed by atoms with van der Waals surface area (Å²) in [5.74, 6) is 5.24. The maximum atomic E-state index is 2.41. The van der Waals surface area contributed by atoms with Crippen molar-refractivity contribution in [2.45, 2.75) is 153 Å². The van der Waals surface area contributed by atoms with Crippen molar-refractivity contribution in [3.63, 3.8) is 0 Å². The van der Waals surface area contributed by atoms with Gasteiger partial charge < -0.3 is 0 Å². The van der Waals surface area contributed by atoms with Crippen LogP contribution in [0.1, 0.15) is 153 Å². The van der Waals surface area contributed by atoms with Gasteiger partial charge in [-0.25, -0.2) is 0 Å². The first-order valence-electron chi connectivity index (χ1n) is 12.5. The lowest BCUT2D eigenvalue weighted by molar-refractivity contribution is 0.234. The molecule has 174 valence electrons. The van der Waals surface area contributed by atoms with Gasteiger partial charge in [0.25, 0.3) is 0 Å². The fraction of sp³-hybridized carbons (Fsp3) is 1.00. The predicted octanol–water partition coefficient (Wildman–Crippen LogP) is 10.9. The zero-order valence-corrected chi connectivity index (χ0v) is 19.8. The van der Waals surface area contributed by atoms with E-state index >= 15 is 0 Å². The molecule has 0 aliphatic heterocycles. The molecule has 2 aliphatic carbocycles. The highest BCUT2D eigenvalue weighted by Crippen LogP contribution is 2.34. The van der Waals surface area contributed by atoms with E-state index in [4.69, 9.17) is 0 Å². The topological polar surface area (TPSA) is 0 Å². The van der Waals surface area contributed by atoms with E-state index < -0.39 is 0 Å². The van der Waals surface area contributed by atoms with Crippen LogP contribution in [-0.2, 0) is 0 Å². The highest BCUT2D eigenvalue weighted by molar-refractivity contribution is 4.73. The summed E-state index contributed by atoms with van der Waals surface area (Å²) in [4.78, 5) is 0. The van der Waals surface area contributed by atoms with Crippen LogP contribution < -0.4 is 0 Å². The molecule has 2 aliphatic rings. The molecule has 0 radical (unpaired) electrons. The van der Waals surface area contributed by atoms with Crippen molar-refractivity contribution in [3.05, 3.63) is 0 Å². The first kappa shape index (κ1) is 32.7. The molecule has 0 spiro atoms. The van der Waals surface area contributed by atoms with E-state index in [9.17, 15) is 0 Å². The molecular formula is C28H62. The summed E-state index contributed by atoms with van der Waals surface area (Å²) in [5, 5.41) is 0. The summed E-state index contributed by atoms with van der Waals surface area (Å²) in [7, 11) is 0. The summed E-state index contributed by atoms with van der Waals surface area (Å²) < 4.78 is 0. The Morgan fingerprint density at radius 3 is 1.00 bits per heavy atom. The second-order valence-electron chi connectivity index (χ2n) is 9.45. The molecule has 0 aromatic carbocycles. The minimum atomic E-state index is 0. The second-order valence-corrected chi connectivity index (χ2v) is 9.45.